The maximum absolute atomic E-state index is 12.3. The highest BCUT2D eigenvalue weighted by Crippen LogP contribution is 2.27. The van der Waals surface area contributed by atoms with Crippen molar-refractivity contribution in [3.63, 3.8) is 0 Å². The fourth-order valence-electron chi connectivity index (χ4n) is 3.39. The Bertz CT molecular complexity index is 275. The Labute approximate surface area is 123 Å². The van der Waals surface area contributed by atoms with Gasteiger partial charge in [0.05, 0.1) is 0 Å². The molecule has 1 saturated carbocycles. The van der Waals surface area contributed by atoms with Crippen LogP contribution in [0.4, 0.5) is 0 Å². The number of halogens is 1. The summed E-state index contributed by atoms with van der Waals surface area (Å²) < 4.78 is 0. The van der Waals surface area contributed by atoms with Crippen molar-refractivity contribution in [2.45, 2.75) is 64.3 Å². The SMILES string of the molecule is CC(N)C1CCN(C(=O)CC2CCCCCC2)C1.Cl. The summed E-state index contributed by atoms with van der Waals surface area (Å²) in [6.45, 7) is 3.88. The third-order valence-electron chi connectivity index (χ3n) is 4.76. The minimum absolute atomic E-state index is 0. The molecule has 3 nitrogen and oxygen atoms in total. The maximum atomic E-state index is 12.3. The lowest BCUT2D eigenvalue weighted by Crippen LogP contribution is -2.33. The molecule has 0 aromatic carbocycles. The molecule has 0 aromatic rings. The van der Waals surface area contributed by atoms with E-state index in [4.69, 9.17) is 5.73 Å². The summed E-state index contributed by atoms with van der Waals surface area (Å²) in [5.41, 5.74) is 5.93. The van der Waals surface area contributed by atoms with Gasteiger partial charge in [0.25, 0.3) is 0 Å². The topological polar surface area (TPSA) is 46.3 Å². The summed E-state index contributed by atoms with van der Waals surface area (Å²) in [7, 11) is 0. The second kappa shape index (κ2) is 8.11. The Kier molecular flexibility index (Phi) is 7.16. The van der Waals surface area contributed by atoms with Gasteiger partial charge in [-0.05, 0) is 38.0 Å². The Balaban J connectivity index is 0.00000180. The van der Waals surface area contributed by atoms with E-state index < -0.39 is 0 Å². The van der Waals surface area contributed by atoms with Crippen molar-refractivity contribution in [3.05, 3.63) is 0 Å². The van der Waals surface area contributed by atoms with Crippen molar-refractivity contribution in [1.82, 2.24) is 4.90 Å². The van der Waals surface area contributed by atoms with Crippen molar-refractivity contribution in [3.8, 4) is 0 Å². The van der Waals surface area contributed by atoms with Crippen molar-refractivity contribution >= 4 is 18.3 Å². The molecule has 19 heavy (non-hydrogen) atoms. The lowest BCUT2D eigenvalue weighted by molar-refractivity contribution is -0.131. The van der Waals surface area contributed by atoms with Gasteiger partial charge in [0, 0.05) is 25.6 Å². The van der Waals surface area contributed by atoms with Crippen LogP contribution in [0.25, 0.3) is 0 Å². The standard InChI is InChI=1S/C15H28N2O.ClH/c1-12(16)14-8-9-17(11-14)15(18)10-13-6-4-2-3-5-7-13;/h12-14H,2-11,16H2,1H3;1H. The molecule has 2 fully saturated rings. The third kappa shape index (κ3) is 4.96. The molecule has 0 aromatic heterocycles. The van der Waals surface area contributed by atoms with Gasteiger partial charge in [-0.15, -0.1) is 12.4 Å². The monoisotopic (exact) mass is 288 g/mol. The van der Waals surface area contributed by atoms with Crippen LogP contribution in [-0.4, -0.2) is 29.9 Å². The smallest absolute Gasteiger partial charge is 0.222 e. The molecule has 2 rings (SSSR count). The molecular weight excluding hydrogens is 260 g/mol. The predicted octanol–water partition coefficient (Wildman–Crippen LogP) is 2.96. The highest BCUT2D eigenvalue weighted by atomic mass is 35.5. The number of amides is 1. The summed E-state index contributed by atoms with van der Waals surface area (Å²) in [6, 6.07) is 0.223. The lowest BCUT2D eigenvalue weighted by atomic mass is 9.96. The molecule has 1 aliphatic heterocycles. The van der Waals surface area contributed by atoms with E-state index in [9.17, 15) is 4.79 Å². The van der Waals surface area contributed by atoms with E-state index in [1.807, 2.05) is 0 Å². The molecule has 0 radical (unpaired) electrons. The van der Waals surface area contributed by atoms with Gasteiger partial charge in [0.1, 0.15) is 0 Å². The molecule has 1 amide bonds. The first kappa shape index (κ1) is 16.8. The van der Waals surface area contributed by atoms with Crippen LogP contribution in [0.2, 0.25) is 0 Å². The summed E-state index contributed by atoms with van der Waals surface area (Å²) >= 11 is 0. The zero-order chi connectivity index (χ0) is 13.0. The molecule has 2 aliphatic rings. The summed E-state index contributed by atoms with van der Waals surface area (Å²) in [5, 5.41) is 0. The Morgan fingerprint density at radius 2 is 1.84 bits per heavy atom. The van der Waals surface area contributed by atoms with Crippen LogP contribution in [0.5, 0.6) is 0 Å². The normalized spacial score (nSPS) is 26.6. The molecular formula is C15H29ClN2O. The van der Waals surface area contributed by atoms with Crippen LogP contribution >= 0.6 is 12.4 Å². The van der Waals surface area contributed by atoms with Gasteiger partial charge in [-0.2, -0.15) is 0 Å². The Hall–Kier alpha value is -0.280. The highest BCUT2D eigenvalue weighted by Gasteiger charge is 2.29. The Morgan fingerprint density at radius 3 is 2.37 bits per heavy atom. The lowest BCUT2D eigenvalue weighted by Gasteiger charge is -2.21. The fraction of sp³-hybridized carbons (Fsp3) is 0.933. The van der Waals surface area contributed by atoms with E-state index in [2.05, 4.69) is 11.8 Å². The van der Waals surface area contributed by atoms with Gasteiger partial charge in [0.2, 0.25) is 5.91 Å². The zero-order valence-electron chi connectivity index (χ0n) is 12.1. The van der Waals surface area contributed by atoms with E-state index in [0.29, 0.717) is 17.7 Å². The van der Waals surface area contributed by atoms with Gasteiger partial charge >= 0.3 is 0 Å². The molecule has 1 saturated heterocycles. The van der Waals surface area contributed by atoms with Crippen LogP contribution in [0.1, 0.15) is 58.3 Å². The summed E-state index contributed by atoms with van der Waals surface area (Å²) in [4.78, 5) is 14.3. The largest absolute Gasteiger partial charge is 0.342 e. The fourth-order valence-corrected chi connectivity index (χ4v) is 3.39. The number of carbonyl (C=O) groups excluding carboxylic acids is 1. The second-order valence-electron chi connectivity index (χ2n) is 6.31. The van der Waals surface area contributed by atoms with Gasteiger partial charge < -0.3 is 10.6 Å². The number of likely N-dealkylation sites (tertiary alicyclic amines) is 1. The molecule has 1 aliphatic carbocycles. The quantitative estimate of drug-likeness (QED) is 0.812. The van der Waals surface area contributed by atoms with Gasteiger partial charge in [-0.1, -0.05) is 25.7 Å². The van der Waals surface area contributed by atoms with E-state index in [1.54, 1.807) is 0 Å². The number of rotatable bonds is 3. The van der Waals surface area contributed by atoms with E-state index >= 15 is 0 Å². The van der Waals surface area contributed by atoms with Crippen LogP contribution in [0.3, 0.4) is 0 Å². The molecule has 112 valence electrons. The molecule has 4 heteroatoms. The average molecular weight is 289 g/mol. The van der Waals surface area contributed by atoms with Crippen LogP contribution < -0.4 is 5.73 Å². The molecule has 0 bridgehead atoms. The number of hydrogen-bond donors (Lipinski definition) is 1. The summed E-state index contributed by atoms with van der Waals surface area (Å²) in [6.07, 6.45) is 9.76. The van der Waals surface area contributed by atoms with Crippen LogP contribution in [0, 0.1) is 11.8 Å². The molecule has 0 spiro atoms. The van der Waals surface area contributed by atoms with Gasteiger partial charge in [-0.25, -0.2) is 0 Å². The van der Waals surface area contributed by atoms with Gasteiger partial charge in [0.15, 0.2) is 0 Å². The first-order chi connectivity index (χ1) is 8.66. The molecule has 2 unspecified atom stereocenters. The Morgan fingerprint density at radius 1 is 1.21 bits per heavy atom. The highest BCUT2D eigenvalue weighted by molar-refractivity contribution is 5.85. The maximum Gasteiger partial charge on any atom is 0.222 e. The molecule has 2 atom stereocenters. The zero-order valence-corrected chi connectivity index (χ0v) is 13.0. The molecule has 1 heterocycles. The third-order valence-corrected chi connectivity index (χ3v) is 4.76. The van der Waals surface area contributed by atoms with Crippen LogP contribution in [0.15, 0.2) is 0 Å². The number of nitrogens with zero attached hydrogens (tertiary/aromatic N) is 1. The molecule has 2 N–H and O–H groups in total. The first-order valence-electron chi connectivity index (χ1n) is 7.70. The van der Waals surface area contributed by atoms with E-state index in [-0.39, 0.29) is 18.4 Å². The van der Waals surface area contributed by atoms with Crippen molar-refractivity contribution in [1.29, 1.82) is 0 Å². The predicted molar refractivity (Wildman–Crippen MR) is 81.4 cm³/mol. The number of carbonyl (C=O) groups is 1. The van der Waals surface area contributed by atoms with Crippen molar-refractivity contribution in [2.24, 2.45) is 17.6 Å². The number of hydrogen-bond acceptors (Lipinski definition) is 2. The van der Waals surface area contributed by atoms with Crippen molar-refractivity contribution in [2.75, 3.05) is 13.1 Å². The van der Waals surface area contributed by atoms with E-state index in [0.717, 1.165) is 25.9 Å². The summed E-state index contributed by atoms with van der Waals surface area (Å²) in [5.74, 6) is 1.54. The second-order valence-corrected chi connectivity index (χ2v) is 6.31. The number of nitrogens with two attached hydrogens (primary N) is 1. The minimum Gasteiger partial charge on any atom is -0.342 e. The van der Waals surface area contributed by atoms with Crippen LogP contribution in [-0.2, 0) is 4.79 Å². The van der Waals surface area contributed by atoms with Gasteiger partial charge in [-0.3, -0.25) is 4.79 Å². The average Bonchev–Trinajstić information content (AvgIpc) is 2.70. The van der Waals surface area contributed by atoms with Crippen molar-refractivity contribution < 1.29 is 4.79 Å². The first-order valence-corrected chi connectivity index (χ1v) is 7.70. The minimum atomic E-state index is 0. The van der Waals surface area contributed by atoms with E-state index in [1.165, 1.54) is 38.5 Å².